The molecular weight excluding hydrogens is 592 g/mol. The van der Waals surface area contributed by atoms with E-state index in [9.17, 15) is 9.59 Å². The molecule has 1 aliphatic carbocycles. The van der Waals surface area contributed by atoms with Crippen LogP contribution < -0.4 is 0 Å². The maximum absolute atomic E-state index is 12.7. The van der Waals surface area contributed by atoms with E-state index in [1.165, 1.54) is 6.42 Å². The molecule has 2 saturated heterocycles. The molecule has 2 aliphatic heterocycles. The van der Waals surface area contributed by atoms with Gasteiger partial charge in [0, 0.05) is 60.3 Å². The number of likely N-dealkylation sites (N-methyl/N-ethyl adjacent to an activating group) is 2. The van der Waals surface area contributed by atoms with E-state index in [2.05, 4.69) is 47.5 Å². The monoisotopic (exact) mass is 634 g/mol. The minimum Gasteiger partial charge on any atom is -0.342 e. The van der Waals surface area contributed by atoms with Crippen molar-refractivity contribution in [3.8, 4) is 23.7 Å². The van der Waals surface area contributed by atoms with E-state index >= 15 is 0 Å². The van der Waals surface area contributed by atoms with Crippen LogP contribution >= 0.6 is 0 Å². The normalized spacial score (nSPS) is 23.7. The zero-order chi connectivity index (χ0) is 33.9. The zero-order valence-corrected chi connectivity index (χ0v) is 28.4. The lowest BCUT2D eigenvalue weighted by Crippen LogP contribution is -2.38. The van der Waals surface area contributed by atoms with Crippen LogP contribution in [0.4, 0.5) is 0 Å². The summed E-state index contributed by atoms with van der Waals surface area (Å²) in [6.07, 6.45) is 7.78. The van der Waals surface area contributed by atoms with Crippen molar-refractivity contribution in [1.29, 1.82) is 0 Å². The molecule has 4 atom stereocenters. The Kier molecular flexibility index (Phi) is 9.20. The van der Waals surface area contributed by atoms with E-state index in [0.717, 1.165) is 52.9 Å². The molecule has 3 fully saturated rings. The highest BCUT2D eigenvalue weighted by molar-refractivity contribution is 5.90. The summed E-state index contributed by atoms with van der Waals surface area (Å²) in [7, 11) is 3.80. The van der Waals surface area contributed by atoms with Gasteiger partial charge in [0.1, 0.15) is 0 Å². The summed E-state index contributed by atoms with van der Waals surface area (Å²) in [6, 6.07) is 28.0. The number of benzene rings is 2. The van der Waals surface area contributed by atoms with Crippen molar-refractivity contribution in [3.63, 3.8) is 0 Å². The van der Waals surface area contributed by atoms with Crippen molar-refractivity contribution in [2.45, 2.75) is 69.4 Å². The lowest BCUT2D eigenvalue weighted by atomic mass is 9.80. The molecule has 242 valence electrons. The summed E-state index contributed by atoms with van der Waals surface area (Å²) >= 11 is 0. The van der Waals surface area contributed by atoms with Gasteiger partial charge in [-0.05, 0) is 94.5 Å². The maximum atomic E-state index is 12.7. The quantitative estimate of drug-likeness (QED) is 0.234. The molecule has 4 aromatic rings. The molecule has 2 aromatic heterocycles. The number of pyridine rings is 2. The average Bonchev–Trinajstić information content (AvgIpc) is 3.72. The smallest absolute Gasteiger partial charge is 0.234 e. The second-order valence-electron chi connectivity index (χ2n) is 13.9. The minimum atomic E-state index is -0.566. The zero-order valence-electron chi connectivity index (χ0n) is 28.4. The van der Waals surface area contributed by atoms with Gasteiger partial charge < -0.3 is 9.80 Å². The third kappa shape index (κ3) is 6.62. The Morgan fingerprint density at radius 1 is 0.688 bits per heavy atom. The second kappa shape index (κ2) is 13.5. The molecule has 6 nitrogen and oxygen atoms in total. The Hall–Kier alpha value is -5.20. The molecule has 0 radical (unpaired) electrons. The highest BCUT2D eigenvalue weighted by Gasteiger charge is 2.53. The van der Waals surface area contributed by atoms with Crippen LogP contribution in [0, 0.1) is 29.6 Å². The van der Waals surface area contributed by atoms with Crippen LogP contribution in [0.25, 0.3) is 0 Å². The SMILES string of the molecule is CN1C(=O)C(C)(c2ccc(C#Cc3ccccc3)cn2)CC1(C)C.CN1C(=O)C(c2ccc(C#Cc3ccccc3)cn2)C2CCCC21. The predicted molar refractivity (Wildman–Crippen MR) is 189 cm³/mol. The number of fused-ring (bicyclic) bond motifs is 1. The molecule has 1 saturated carbocycles. The molecule has 3 aliphatic rings. The number of carbonyl (C=O) groups excluding carboxylic acids is 2. The van der Waals surface area contributed by atoms with Gasteiger partial charge >= 0.3 is 0 Å². The number of rotatable bonds is 2. The number of aromatic nitrogens is 2. The van der Waals surface area contributed by atoms with Crippen LogP contribution in [-0.2, 0) is 15.0 Å². The van der Waals surface area contributed by atoms with Crippen molar-refractivity contribution in [3.05, 3.63) is 131 Å². The number of nitrogens with zero attached hydrogens (tertiary/aromatic N) is 4. The van der Waals surface area contributed by atoms with Crippen LogP contribution in [0.3, 0.4) is 0 Å². The highest BCUT2D eigenvalue weighted by atomic mass is 16.2. The Labute approximate surface area is 284 Å². The van der Waals surface area contributed by atoms with Crippen LogP contribution in [0.1, 0.15) is 86.0 Å². The Balaban J connectivity index is 0.000000167. The summed E-state index contributed by atoms with van der Waals surface area (Å²) in [6.45, 7) is 6.17. The minimum absolute atomic E-state index is 0.0707. The first-order chi connectivity index (χ1) is 23.1. The van der Waals surface area contributed by atoms with Gasteiger partial charge in [0.15, 0.2) is 0 Å². The van der Waals surface area contributed by atoms with Gasteiger partial charge in [-0.2, -0.15) is 0 Å². The van der Waals surface area contributed by atoms with Gasteiger partial charge in [0.05, 0.1) is 22.7 Å². The van der Waals surface area contributed by atoms with Crippen LogP contribution in [0.5, 0.6) is 0 Å². The second-order valence-corrected chi connectivity index (χ2v) is 13.9. The van der Waals surface area contributed by atoms with Gasteiger partial charge in [-0.3, -0.25) is 19.6 Å². The first-order valence-electron chi connectivity index (χ1n) is 16.7. The topological polar surface area (TPSA) is 66.4 Å². The van der Waals surface area contributed by atoms with E-state index in [4.69, 9.17) is 0 Å². The summed E-state index contributed by atoms with van der Waals surface area (Å²) in [4.78, 5) is 38.2. The van der Waals surface area contributed by atoms with Crippen molar-refractivity contribution < 1.29 is 9.59 Å². The highest BCUT2D eigenvalue weighted by Crippen LogP contribution is 2.46. The van der Waals surface area contributed by atoms with Crippen LogP contribution in [0.2, 0.25) is 0 Å². The van der Waals surface area contributed by atoms with E-state index in [-0.39, 0.29) is 23.3 Å². The van der Waals surface area contributed by atoms with Gasteiger partial charge in [0.2, 0.25) is 11.8 Å². The van der Waals surface area contributed by atoms with Crippen molar-refractivity contribution in [1.82, 2.24) is 19.8 Å². The molecule has 0 spiro atoms. The van der Waals surface area contributed by atoms with Crippen LogP contribution in [0.15, 0.2) is 97.3 Å². The van der Waals surface area contributed by atoms with Gasteiger partial charge in [0.25, 0.3) is 0 Å². The predicted octanol–water partition coefficient (Wildman–Crippen LogP) is 6.59. The molecule has 7 rings (SSSR count). The Morgan fingerprint density at radius 2 is 1.25 bits per heavy atom. The molecule has 2 aromatic carbocycles. The van der Waals surface area contributed by atoms with E-state index in [0.29, 0.717) is 12.0 Å². The molecular formula is C42H42N4O2. The lowest BCUT2D eigenvalue weighted by Gasteiger charge is -2.26. The first-order valence-corrected chi connectivity index (χ1v) is 16.7. The standard InChI is InChI=1S/C21H20N2O.C21H22N2O/c1-23-19-9-5-8-17(19)20(21(23)24)18-13-12-16(14-22-18)11-10-15-6-3-2-4-7-15;1-20(2)15-21(3,19(24)23(20)4)18-13-12-17(14-22-18)11-10-16-8-6-5-7-9-16/h2-4,6-7,12-14,17,19-20H,5,8-9H2,1H3;5-9,12-14H,15H2,1-4H3. The van der Waals surface area contributed by atoms with Crippen molar-refractivity contribution in [2.24, 2.45) is 5.92 Å². The number of amides is 2. The van der Waals surface area contributed by atoms with Gasteiger partial charge in [-0.1, -0.05) is 66.5 Å². The summed E-state index contributed by atoms with van der Waals surface area (Å²) in [5.41, 5.74) is 4.68. The molecule has 2 amide bonds. The Bertz CT molecular complexity index is 1900. The van der Waals surface area contributed by atoms with E-state index in [1.54, 1.807) is 12.4 Å². The molecule has 0 N–H and O–H groups in total. The van der Waals surface area contributed by atoms with Crippen molar-refractivity contribution in [2.75, 3.05) is 14.1 Å². The maximum Gasteiger partial charge on any atom is 0.234 e. The number of likely N-dealkylation sites (tertiary alicyclic amines) is 2. The third-order valence-electron chi connectivity index (χ3n) is 10.2. The molecule has 48 heavy (non-hydrogen) atoms. The summed E-state index contributed by atoms with van der Waals surface area (Å²) in [5, 5.41) is 0. The van der Waals surface area contributed by atoms with E-state index < -0.39 is 5.41 Å². The molecule has 0 bridgehead atoms. The van der Waals surface area contributed by atoms with E-state index in [1.807, 2.05) is 116 Å². The molecule has 4 heterocycles. The number of hydrogen-bond donors (Lipinski definition) is 0. The summed E-state index contributed by atoms with van der Waals surface area (Å²) in [5.74, 6) is 13.2. The van der Waals surface area contributed by atoms with Crippen molar-refractivity contribution >= 4 is 11.8 Å². The average molecular weight is 635 g/mol. The van der Waals surface area contributed by atoms with Gasteiger partial charge in [-0.25, -0.2) is 0 Å². The number of hydrogen-bond acceptors (Lipinski definition) is 4. The first kappa shape index (κ1) is 32.7. The fourth-order valence-electron chi connectivity index (χ4n) is 7.44. The fourth-order valence-corrected chi connectivity index (χ4v) is 7.44. The summed E-state index contributed by atoms with van der Waals surface area (Å²) < 4.78 is 0. The Morgan fingerprint density at radius 3 is 1.75 bits per heavy atom. The molecule has 6 heteroatoms. The lowest BCUT2D eigenvalue weighted by molar-refractivity contribution is -0.133. The number of carbonyl (C=O) groups is 2. The van der Waals surface area contributed by atoms with Gasteiger partial charge in [-0.15, -0.1) is 0 Å². The fraction of sp³-hybridized carbons (Fsp3) is 0.333. The van der Waals surface area contributed by atoms with Crippen LogP contribution in [-0.4, -0.2) is 57.3 Å². The molecule has 4 unspecified atom stereocenters. The largest absolute Gasteiger partial charge is 0.342 e. The third-order valence-corrected chi connectivity index (χ3v) is 10.2.